The minimum atomic E-state index is -0.189. The number of halogens is 1. The Morgan fingerprint density at radius 3 is 2.62 bits per heavy atom. The lowest BCUT2D eigenvalue weighted by atomic mass is 9.98. The zero-order valence-electron chi connectivity index (χ0n) is 16.5. The lowest BCUT2D eigenvalue weighted by Crippen LogP contribution is -2.29. The van der Waals surface area contributed by atoms with Gasteiger partial charge in [-0.15, -0.1) is 0 Å². The van der Waals surface area contributed by atoms with Gasteiger partial charge in [0.05, 0.1) is 23.5 Å². The van der Waals surface area contributed by atoms with E-state index in [-0.39, 0.29) is 23.4 Å². The van der Waals surface area contributed by atoms with E-state index in [0.717, 1.165) is 11.3 Å². The number of phenols is 1. The zero-order valence-corrected chi connectivity index (χ0v) is 18.1. The SMILES string of the molecule is CC(C)(C)n1ccc([C@@H]2[C@H](c3ccccn3)NC(=S)N2c2cc(Cl)ccc2O)c1. The molecule has 0 saturated carbocycles. The molecule has 0 spiro atoms. The number of phenolic OH excluding ortho intramolecular Hbond substituents is 1. The number of thiocarbonyl (C=S) groups is 1. The van der Waals surface area contributed by atoms with Crippen LogP contribution in [0.15, 0.2) is 61.1 Å². The first-order valence-corrected chi connectivity index (χ1v) is 10.2. The van der Waals surface area contributed by atoms with Gasteiger partial charge >= 0.3 is 0 Å². The quantitative estimate of drug-likeness (QED) is 0.565. The molecule has 1 fully saturated rings. The van der Waals surface area contributed by atoms with Crippen LogP contribution < -0.4 is 10.2 Å². The molecule has 29 heavy (non-hydrogen) atoms. The summed E-state index contributed by atoms with van der Waals surface area (Å²) in [6.07, 6.45) is 5.98. The van der Waals surface area contributed by atoms with E-state index < -0.39 is 0 Å². The minimum Gasteiger partial charge on any atom is -0.506 e. The van der Waals surface area contributed by atoms with Gasteiger partial charge in [0.15, 0.2) is 5.11 Å². The van der Waals surface area contributed by atoms with Crippen LogP contribution in [0.5, 0.6) is 5.75 Å². The fourth-order valence-electron chi connectivity index (χ4n) is 3.65. The maximum absolute atomic E-state index is 10.6. The second-order valence-corrected chi connectivity index (χ2v) is 8.98. The molecule has 2 aromatic heterocycles. The summed E-state index contributed by atoms with van der Waals surface area (Å²) in [5.74, 6) is 0.125. The van der Waals surface area contributed by atoms with Crippen LogP contribution in [0, 0.1) is 0 Å². The van der Waals surface area contributed by atoms with Crippen LogP contribution in [0.4, 0.5) is 5.69 Å². The number of nitrogens with zero attached hydrogens (tertiary/aromatic N) is 3. The fourth-order valence-corrected chi connectivity index (χ4v) is 4.15. The Morgan fingerprint density at radius 2 is 1.97 bits per heavy atom. The average molecular weight is 427 g/mol. The van der Waals surface area contributed by atoms with E-state index in [1.54, 1.807) is 24.4 Å². The lowest BCUT2D eigenvalue weighted by molar-refractivity contribution is 0.397. The van der Waals surface area contributed by atoms with Crippen LogP contribution in [0.3, 0.4) is 0 Å². The van der Waals surface area contributed by atoms with Crippen LogP contribution in [-0.4, -0.2) is 19.8 Å². The van der Waals surface area contributed by atoms with E-state index in [2.05, 4.69) is 54.1 Å². The van der Waals surface area contributed by atoms with Crippen molar-refractivity contribution in [2.75, 3.05) is 4.90 Å². The van der Waals surface area contributed by atoms with Gasteiger partial charge in [-0.25, -0.2) is 0 Å². The molecule has 1 aliphatic heterocycles. The van der Waals surface area contributed by atoms with Crippen LogP contribution in [0.2, 0.25) is 5.02 Å². The van der Waals surface area contributed by atoms with E-state index in [1.807, 2.05) is 23.1 Å². The summed E-state index contributed by atoms with van der Waals surface area (Å²) in [6.45, 7) is 6.47. The summed E-state index contributed by atoms with van der Waals surface area (Å²) in [5, 5.41) is 15.0. The Hall–Kier alpha value is -2.57. The predicted molar refractivity (Wildman–Crippen MR) is 120 cm³/mol. The molecule has 0 bridgehead atoms. The molecule has 5 nitrogen and oxygen atoms in total. The fraction of sp³-hybridized carbons (Fsp3) is 0.273. The Morgan fingerprint density at radius 1 is 1.17 bits per heavy atom. The first kappa shape index (κ1) is 19.7. The van der Waals surface area contributed by atoms with Crippen molar-refractivity contribution in [1.29, 1.82) is 0 Å². The van der Waals surface area contributed by atoms with Crippen molar-refractivity contribution < 1.29 is 5.11 Å². The molecule has 0 aliphatic carbocycles. The monoisotopic (exact) mass is 426 g/mol. The molecule has 150 valence electrons. The van der Waals surface area contributed by atoms with Crippen LogP contribution >= 0.6 is 23.8 Å². The summed E-state index contributed by atoms with van der Waals surface area (Å²) in [6, 6.07) is 12.6. The normalized spacial score (nSPS) is 19.4. The summed E-state index contributed by atoms with van der Waals surface area (Å²) >= 11 is 11.9. The lowest BCUT2D eigenvalue weighted by Gasteiger charge is -2.28. The van der Waals surface area contributed by atoms with Crippen molar-refractivity contribution in [3.05, 3.63) is 77.3 Å². The summed E-state index contributed by atoms with van der Waals surface area (Å²) in [4.78, 5) is 6.48. The number of rotatable bonds is 3. The van der Waals surface area contributed by atoms with E-state index in [4.69, 9.17) is 23.8 Å². The summed E-state index contributed by atoms with van der Waals surface area (Å²) in [7, 11) is 0. The maximum atomic E-state index is 10.6. The van der Waals surface area contributed by atoms with E-state index in [1.165, 1.54) is 0 Å². The smallest absolute Gasteiger partial charge is 0.174 e. The van der Waals surface area contributed by atoms with Gasteiger partial charge in [0.25, 0.3) is 0 Å². The number of hydrogen-bond acceptors (Lipinski definition) is 3. The standard InChI is InChI=1S/C22H23ClN4OS/c1-22(2,3)26-11-9-14(13-26)20-19(16-6-4-5-10-24-16)25-21(29)27(20)17-12-15(23)7-8-18(17)28/h4-13,19-20,28H,1-3H3,(H,25,29)/t19-,20+/m0/s1. The van der Waals surface area contributed by atoms with Crippen molar-refractivity contribution in [2.45, 2.75) is 38.4 Å². The molecule has 3 heterocycles. The van der Waals surface area contributed by atoms with Gasteiger partial charge in [0, 0.05) is 29.2 Å². The van der Waals surface area contributed by atoms with Gasteiger partial charge in [-0.1, -0.05) is 17.7 Å². The number of aromatic hydroxyl groups is 1. The van der Waals surface area contributed by atoms with Gasteiger partial charge in [-0.3, -0.25) is 4.98 Å². The highest BCUT2D eigenvalue weighted by Crippen LogP contribution is 2.45. The highest BCUT2D eigenvalue weighted by molar-refractivity contribution is 7.80. The van der Waals surface area contributed by atoms with E-state index >= 15 is 0 Å². The first-order chi connectivity index (χ1) is 13.8. The summed E-state index contributed by atoms with van der Waals surface area (Å²) < 4.78 is 2.18. The molecule has 1 saturated heterocycles. The summed E-state index contributed by atoms with van der Waals surface area (Å²) in [5.41, 5.74) is 2.48. The number of benzene rings is 1. The zero-order chi connectivity index (χ0) is 20.8. The molecular weight excluding hydrogens is 404 g/mol. The molecule has 3 aromatic rings. The van der Waals surface area contributed by atoms with Gasteiger partial charge in [0.1, 0.15) is 5.75 Å². The number of hydrogen-bond donors (Lipinski definition) is 2. The van der Waals surface area contributed by atoms with Crippen molar-refractivity contribution in [2.24, 2.45) is 0 Å². The van der Waals surface area contributed by atoms with Gasteiger partial charge in [-0.05, 0) is 75.0 Å². The second kappa shape index (κ2) is 7.35. The number of anilines is 1. The average Bonchev–Trinajstić information content (AvgIpc) is 3.29. The van der Waals surface area contributed by atoms with Crippen molar-refractivity contribution in [1.82, 2.24) is 14.9 Å². The molecular formula is C22H23ClN4OS. The van der Waals surface area contributed by atoms with Crippen LogP contribution in [0.1, 0.15) is 44.1 Å². The molecule has 2 N–H and O–H groups in total. The number of nitrogens with one attached hydrogen (secondary N) is 1. The van der Waals surface area contributed by atoms with E-state index in [0.29, 0.717) is 15.8 Å². The maximum Gasteiger partial charge on any atom is 0.174 e. The van der Waals surface area contributed by atoms with Crippen molar-refractivity contribution >= 4 is 34.6 Å². The number of aromatic nitrogens is 2. The third kappa shape index (κ3) is 3.70. The molecule has 7 heteroatoms. The Labute approximate surface area is 180 Å². The van der Waals surface area contributed by atoms with E-state index in [9.17, 15) is 5.11 Å². The minimum absolute atomic E-state index is 0.0473. The third-order valence-electron chi connectivity index (χ3n) is 5.13. The highest BCUT2D eigenvalue weighted by atomic mass is 35.5. The van der Waals surface area contributed by atoms with Crippen LogP contribution in [0.25, 0.3) is 0 Å². The molecule has 1 aliphatic rings. The predicted octanol–water partition coefficient (Wildman–Crippen LogP) is 5.17. The highest BCUT2D eigenvalue weighted by Gasteiger charge is 2.42. The second-order valence-electron chi connectivity index (χ2n) is 8.15. The Kier molecular flexibility index (Phi) is 5.00. The van der Waals surface area contributed by atoms with Crippen molar-refractivity contribution in [3.8, 4) is 5.75 Å². The Bertz CT molecular complexity index is 1040. The first-order valence-electron chi connectivity index (χ1n) is 9.43. The van der Waals surface area contributed by atoms with Gasteiger partial charge in [0.2, 0.25) is 0 Å². The van der Waals surface area contributed by atoms with Crippen molar-refractivity contribution in [3.63, 3.8) is 0 Å². The topological polar surface area (TPSA) is 53.3 Å². The molecule has 1 aromatic carbocycles. The molecule has 0 unspecified atom stereocenters. The molecule has 0 radical (unpaired) electrons. The molecule has 4 rings (SSSR count). The van der Waals surface area contributed by atoms with Crippen LogP contribution in [-0.2, 0) is 5.54 Å². The largest absolute Gasteiger partial charge is 0.506 e. The number of pyridine rings is 1. The molecule has 0 amide bonds. The van der Waals surface area contributed by atoms with Gasteiger partial charge < -0.3 is 19.9 Å². The van der Waals surface area contributed by atoms with Gasteiger partial charge in [-0.2, -0.15) is 0 Å². The Balaban J connectivity index is 1.86. The molecule has 2 atom stereocenters. The third-order valence-corrected chi connectivity index (χ3v) is 5.68.